The molecule has 5 rings (SSSR count). The average Bonchev–Trinajstić information content (AvgIpc) is 3.11. The number of fused-ring (bicyclic) bond motifs is 2. The van der Waals surface area contributed by atoms with Crippen molar-refractivity contribution < 1.29 is 4.74 Å². The molecule has 3 heterocycles. The lowest BCUT2D eigenvalue weighted by Gasteiger charge is -2.41. The average molecular weight is 446 g/mol. The SMILES string of the molecule is COc1ccc(CCC2CN(C3=c4ncccc4=CCc4sc(C)cc43)CCN2C)cc1. The minimum Gasteiger partial charge on any atom is -0.497 e. The summed E-state index contributed by atoms with van der Waals surface area (Å²) in [4.78, 5) is 12.8. The van der Waals surface area contributed by atoms with E-state index in [1.807, 2.05) is 17.5 Å². The monoisotopic (exact) mass is 445 g/mol. The van der Waals surface area contributed by atoms with Crippen LogP contribution in [-0.4, -0.2) is 54.6 Å². The van der Waals surface area contributed by atoms with Crippen molar-refractivity contribution in [2.45, 2.75) is 32.2 Å². The van der Waals surface area contributed by atoms with Gasteiger partial charge in [0.2, 0.25) is 0 Å². The van der Waals surface area contributed by atoms with Crippen LogP contribution in [0, 0.1) is 6.92 Å². The van der Waals surface area contributed by atoms with Crippen molar-refractivity contribution in [3.8, 4) is 5.75 Å². The molecule has 2 aromatic heterocycles. The van der Waals surface area contributed by atoms with Crippen LogP contribution in [0.15, 0.2) is 48.7 Å². The van der Waals surface area contributed by atoms with E-state index in [2.05, 4.69) is 72.3 Å². The molecule has 1 fully saturated rings. The summed E-state index contributed by atoms with van der Waals surface area (Å²) in [6, 6.07) is 15.7. The Morgan fingerprint density at radius 1 is 1.16 bits per heavy atom. The number of benzene rings is 1. The molecular weight excluding hydrogens is 414 g/mol. The zero-order valence-electron chi connectivity index (χ0n) is 19.2. The second kappa shape index (κ2) is 9.08. The minimum absolute atomic E-state index is 0.515. The summed E-state index contributed by atoms with van der Waals surface area (Å²) in [6.07, 6.45) is 7.50. The fourth-order valence-electron chi connectivity index (χ4n) is 4.93. The Labute approximate surface area is 194 Å². The van der Waals surface area contributed by atoms with E-state index in [9.17, 15) is 0 Å². The van der Waals surface area contributed by atoms with Gasteiger partial charge in [-0.2, -0.15) is 0 Å². The maximum absolute atomic E-state index is 5.31. The second-order valence-electron chi connectivity index (χ2n) is 8.86. The number of likely N-dealkylation sites (N-methyl/N-ethyl adjacent to an activating group) is 1. The van der Waals surface area contributed by atoms with Crippen molar-refractivity contribution >= 4 is 23.1 Å². The molecule has 0 saturated carbocycles. The Morgan fingerprint density at radius 2 is 2.00 bits per heavy atom. The van der Waals surface area contributed by atoms with Crippen molar-refractivity contribution in [1.29, 1.82) is 0 Å². The van der Waals surface area contributed by atoms with E-state index in [4.69, 9.17) is 9.72 Å². The van der Waals surface area contributed by atoms with Gasteiger partial charge < -0.3 is 9.64 Å². The van der Waals surface area contributed by atoms with Gasteiger partial charge in [0.25, 0.3) is 0 Å². The number of hydrogen-bond acceptors (Lipinski definition) is 5. The number of nitrogens with zero attached hydrogens (tertiary/aromatic N) is 3. The van der Waals surface area contributed by atoms with E-state index in [-0.39, 0.29) is 0 Å². The number of ether oxygens (including phenoxy) is 1. The number of piperazine rings is 1. The van der Waals surface area contributed by atoms with Gasteiger partial charge >= 0.3 is 0 Å². The molecule has 3 aromatic rings. The van der Waals surface area contributed by atoms with Crippen molar-refractivity contribution in [3.63, 3.8) is 0 Å². The van der Waals surface area contributed by atoms with E-state index < -0.39 is 0 Å². The van der Waals surface area contributed by atoms with Crippen LogP contribution in [0.25, 0.3) is 11.8 Å². The maximum atomic E-state index is 5.31. The van der Waals surface area contributed by atoms with Gasteiger partial charge in [0.1, 0.15) is 5.75 Å². The molecule has 166 valence electrons. The summed E-state index contributed by atoms with van der Waals surface area (Å²) in [5, 5.41) is 2.40. The highest BCUT2D eigenvalue weighted by molar-refractivity contribution is 7.12. The molecule has 32 heavy (non-hydrogen) atoms. The topological polar surface area (TPSA) is 28.6 Å². The van der Waals surface area contributed by atoms with Crippen LogP contribution in [0.5, 0.6) is 5.75 Å². The zero-order chi connectivity index (χ0) is 22.1. The van der Waals surface area contributed by atoms with Gasteiger partial charge in [0, 0.05) is 53.6 Å². The van der Waals surface area contributed by atoms with Crippen LogP contribution in [-0.2, 0) is 12.8 Å². The van der Waals surface area contributed by atoms with Crippen LogP contribution in [0.3, 0.4) is 0 Å². The largest absolute Gasteiger partial charge is 0.497 e. The van der Waals surface area contributed by atoms with E-state index in [1.54, 1.807) is 7.11 Å². The van der Waals surface area contributed by atoms with Crippen molar-refractivity contribution in [1.82, 2.24) is 14.8 Å². The number of aryl methyl sites for hydroxylation is 2. The van der Waals surface area contributed by atoms with Gasteiger partial charge in [0.15, 0.2) is 0 Å². The highest BCUT2D eigenvalue weighted by Crippen LogP contribution is 2.31. The predicted molar refractivity (Wildman–Crippen MR) is 133 cm³/mol. The first-order chi connectivity index (χ1) is 15.6. The van der Waals surface area contributed by atoms with Gasteiger partial charge in [-0.05, 0) is 61.9 Å². The number of thiophene rings is 1. The first kappa shape index (κ1) is 21.2. The lowest BCUT2D eigenvalue weighted by Crippen LogP contribution is -2.52. The van der Waals surface area contributed by atoms with Crippen molar-refractivity contribution in [3.05, 3.63) is 80.1 Å². The van der Waals surface area contributed by atoms with Crippen molar-refractivity contribution in [2.75, 3.05) is 33.8 Å². The standard InChI is InChI=1S/C27H31N3OS/c1-19-17-24-25(32-19)13-9-21-5-4-14-28-26(21)27(24)30-16-15-29(2)22(18-30)10-6-20-7-11-23(31-3)12-8-20/h4-5,7-9,11-12,14,17,22H,6,10,13,15-16,18H2,1-3H3. The fourth-order valence-corrected chi connectivity index (χ4v) is 5.93. The van der Waals surface area contributed by atoms with Gasteiger partial charge in [-0.3, -0.25) is 9.88 Å². The molecular formula is C27H31N3OS. The molecule has 1 aliphatic heterocycles. The lowest BCUT2D eigenvalue weighted by molar-refractivity contribution is 0.128. The zero-order valence-corrected chi connectivity index (χ0v) is 20.0. The quantitative estimate of drug-likeness (QED) is 0.603. The molecule has 1 saturated heterocycles. The first-order valence-corrected chi connectivity index (χ1v) is 12.3. The normalized spacial score (nSPS) is 18.5. The summed E-state index contributed by atoms with van der Waals surface area (Å²) in [5.74, 6) is 0.921. The molecule has 0 N–H and O–H groups in total. The van der Waals surface area contributed by atoms with Crippen LogP contribution >= 0.6 is 11.3 Å². The fraction of sp³-hybridized carbons (Fsp3) is 0.370. The van der Waals surface area contributed by atoms with E-state index >= 15 is 0 Å². The molecule has 5 heteroatoms. The maximum Gasteiger partial charge on any atom is 0.118 e. The third-order valence-corrected chi connectivity index (χ3v) is 7.85. The van der Waals surface area contributed by atoms with Gasteiger partial charge in [0.05, 0.1) is 18.2 Å². The molecule has 1 unspecified atom stereocenters. The summed E-state index contributed by atoms with van der Waals surface area (Å²) < 4.78 is 5.31. The molecule has 0 amide bonds. The number of pyridine rings is 1. The second-order valence-corrected chi connectivity index (χ2v) is 10.2. The summed E-state index contributed by atoms with van der Waals surface area (Å²) in [6.45, 7) is 5.36. The Bertz CT molecular complexity index is 1210. The van der Waals surface area contributed by atoms with Crippen LogP contribution < -0.4 is 15.3 Å². The lowest BCUT2D eigenvalue weighted by atomic mass is 10.0. The van der Waals surface area contributed by atoms with Crippen molar-refractivity contribution in [2.24, 2.45) is 0 Å². The molecule has 0 radical (unpaired) electrons. The highest BCUT2D eigenvalue weighted by Gasteiger charge is 2.28. The smallest absolute Gasteiger partial charge is 0.118 e. The Balaban J connectivity index is 1.44. The number of hydrogen-bond donors (Lipinski definition) is 0. The van der Waals surface area contributed by atoms with Crippen LogP contribution in [0.1, 0.15) is 27.3 Å². The minimum atomic E-state index is 0.515. The molecule has 4 nitrogen and oxygen atoms in total. The number of rotatable bonds is 5. The molecule has 0 spiro atoms. The summed E-state index contributed by atoms with van der Waals surface area (Å²) in [7, 11) is 3.99. The molecule has 1 atom stereocenters. The third-order valence-electron chi connectivity index (χ3n) is 6.78. The van der Waals surface area contributed by atoms with E-state index in [1.165, 1.54) is 31.8 Å². The summed E-state index contributed by atoms with van der Waals surface area (Å²) >= 11 is 1.93. The van der Waals surface area contributed by atoms with Crippen LogP contribution in [0.2, 0.25) is 0 Å². The molecule has 1 aromatic carbocycles. The van der Waals surface area contributed by atoms with Crippen LogP contribution in [0.4, 0.5) is 0 Å². The van der Waals surface area contributed by atoms with Gasteiger partial charge in [-0.15, -0.1) is 11.3 Å². The molecule has 1 aliphatic carbocycles. The van der Waals surface area contributed by atoms with Gasteiger partial charge in [-0.25, -0.2) is 0 Å². The van der Waals surface area contributed by atoms with E-state index in [0.29, 0.717) is 6.04 Å². The van der Waals surface area contributed by atoms with E-state index in [0.717, 1.165) is 50.0 Å². The Morgan fingerprint density at radius 3 is 2.81 bits per heavy atom. The third kappa shape index (κ3) is 4.19. The predicted octanol–water partition coefficient (Wildman–Crippen LogP) is 3.20. The van der Waals surface area contributed by atoms with Gasteiger partial charge in [-0.1, -0.05) is 24.3 Å². The molecule has 2 aliphatic rings. The summed E-state index contributed by atoms with van der Waals surface area (Å²) in [5.41, 5.74) is 4.09. The highest BCUT2D eigenvalue weighted by atomic mass is 32.1. The first-order valence-electron chi connectivity index (χ1n) is 11.5. The number of aromatic nitrogens is 1. The number of methoxy groups -OCH3 is 1. The Kier molecular flexibility index (Phi) is 6.03. The molecule has 0 bridgehead atoms. The Hall–Kier alpha value is -2.63.